The van der Waals surface area contributed by atoms with Crippen molar-refractivity contribution in [2.24, 2.45) is 0 Å². The monoisotopic (exact) mass is 421 g/mol. The topological polar surface area (TPSA) is 85.0 Å². The van der Waals surface area contributed by atoms with Crippen molar-refractivity contribution >= 4 is 23.4 Å². The first kappa shape index (κ1) is 23.8. The van der Waals surface area contributed by atoms with Crippen molar-refractivity contribution in [3.63, 3.8) is 0 Å². The lowest BCUT2D eigenvalue weighted by Crippen LogP contribution is -2.53. The van der Waals surface area contributed by atoms with Gasteiger partial charge in [0.25, 0.3) is 0 Å². The lowest BCUT2D eigenvalue weighted by atomic mass is 10.1. The van der Waals surface area contributed by atoms with Crippen LogP contribution in [0.1, 0.15) is 20.8 Å². The van der Waals surface area contributed by atoms with Gasteiger partial charge in [-0.2, -0.15) is 0 Å². The van der Waals surface area contributed by atoms with Crippen molar-refractivity contribution in [3.8, 4) is 0 Å². The van der Waals surface area contributed by atoms with Crippen LogP contribution in [0.5, 0.6) is 0 Å². The number of carbonyl (C=O) groups excluding carboxylic acids is 3. The summed E-state index contributed by atoms with van der Waals surface area (Å²) >= 11 is 0. The Hall–Kier alpha value is -2.52. The van der Waals surface area contributed by atoms with Gasteiger partial charge < -0.3 is 15.5 Å². The molecular formula is C21H32FN5O3. The Balaban J connectivity index is 1.71. The van der Waals surface area contributed by atoms with Gasteiger partial charge in [0.1, 0.15) is 5.82 Å². The minimum absolute atomic E-state index is 0.0371. The summed E-state index contributed by atoms with van der Waals surface area (Å²) in [5, 5.41) is 5.55. The number of likely N-dealkylation sites (N-methyl/N-ethyl adjacent to an activating group) is 1. The van der Waals surface area contributed by atoms with Gasteiger partial charge in [-0.1, -0.05) is 6.07 Å². The van der Waals surface area contributed by atoms with Gasteiger partial charge in [0.2, 0.25) is 17.7 Å². The highest BCUT2D eigenvalue weighted by Crippen LogP contribution is 2.10. The van der Waals surface area contributed by atoms with Crippen molar-refractivity contribution in [1.29, 1.82) is 0 Å². The van der Waals surface area contributed by atoms with Crippen molar-refractivity contribution in [2.75, 3.05) is 58.2 Å². The second kappa shape index (κ2) is 10.5. The number of benzene rings is 1. The van der Waals surface area contributed by atoms with Gasteiger partial charge in [0, 0.05) is 37.4 Å². The van der Waals surface area contributed by atoms with Crippen LogP contribution in [0.3, 0.4) is 0 Å². The second-order valence-electron chi connectivity index (χ2n) is 8.69. The molecule has 2 N–H and O–H groups in total. The zero-order chi connectivity index (χ0) is 22.3. The van der Waals surface area contributed by atoms with Crippen molar-refractivity contribution < 1.29 is 18.8 Å². The Morgan fingerprint density at radius 2 is 1.73 bits per heavy atom. The molecule has 9 heteroatoms. The Bertz CT molecular complexity index is 757. The molecule has 0 unspecified atom stereocenters. The molecule has 1 aliphatic rings. The number of hydrogen-bond acceptors (Lipinski definition) is 5. The fraction of sp³-hybridized carbons (Fsp3) is 0.571. The van der Waals surface area contributed by atoms with E-state index in [1.54, 1.807) is 29.0 Å². The second-order valence-corrected chi connectivity index (χ2v) is 8.69. The summed E-state index contributed by atoms with van der Waals surface area (Å²) in [7, 11) is 1.74. The number of hydrogen-bond donors (Lipinski definition) is 2. The largest absolute Gasteiger partial charge is 0.350 e. The molecule has 1 heterocycles. The van der Waals surface area contributed by atoms with Crippen LogP contribution >= 0.6 is 0 Å². The Morgan fingerprint density at radius 1 is 1.07 bits per heavy atom. The SMILES string of the molecule is CN(CC(=O)NC(C)(C)C)CC(=O)N1CCN(CC(=O)Nc2cccc(F)c2)CC1. The fourth-order valence-electron chi connectivity index (χ4n) is 3.21. The van der Waals surface area contributed by atoms with Crippen LogP contribution < -0.4 is 10.6 Å². The van der Waals surface area contributed by atoms with E-state index in [-0.39, 0.29) is 42.9 Å². The first-order valence-corrected chi connectivity index (χ1v) is 10.1. The van der Waals surface area contributed by atoms with Gasteiger partial charge in [-0.05, 0) is 46.0 Å². The summed E-state index contributed by atoms with van der Waals surface area (Å²) in [4.78, 5) is 42.0. The van der Waals surface area contributed by atoms with E-state index in [9.17, 15) is 18.8 Å². The maximum atomic E-state index is 13.2. The molecule has 0 spiro atoms. The molecule has 2 rings (SSSR count). The van der Waals surface area contributed by atoms with Gasteiger partial charge in [0.15, 0.2) is 0 Å². The summed E-state index contributed by atoms with van der Waals surface area (Å²) in [6.45, 7) is 8.44. The number of nitrogens with zero attached hydrogens (tertiary/aromatic N) is 3. The number of anilines is 1. The van der Waals surface area contributed by atoms with Crippen LogP contribution in [0.2, 0.25) is 0 Å². The summed E-state index contributed by atoms with van der Waals surface area (Å²) in [6, 6.07) is 5.77. The van der Waals surface area contributed by atoms with E-state index in [2.05, 4.69) is 10.6 Å². The van der Waals surface area contributed by atoms with Crippen molar-refractivity contribution in [2.45, 2.75) is 26.3 Å². The molecule has 0 aromatic heterocycles. The summed E-state index contributed by atoms with van der Waals surface area (Å²) in [6.07, 6.45) is 0. The molecule has 1 saturated heterocycles. The molecule has 0 radical (unpaired) electrons. The lowest BCUT2D eigenvalue weighted by Gasteiger charge is -2.35. The van der Waals surface area contributed by atoms with E-state index in [4.69, 9.17) is 0 Å². The number of piperazine rings is 1. The van der Waals surface area contributed by atoms with Gasteiger partial charge in [-0.3, -0.25) is 24.2 Å². The molecule has 0 aliphatic carbocycles. The standard InChI is InChI=1S/C21H32FN5O3/c1-21(2,3)24-19(29)13-25(4)15-20(30)27-10-8-26(9-11-27)14-18(28)23-17-7-5-6-16(22)12-17/h5-7,12H,8-11,13-15H2,1-4H3,(H,23,28)(H,24,29). The molecule has 166 valence electrons. The predicted molar refractivity (Wildman–Crippen MR) is 113 cm³/mol. The number of amides is 3. The number of carbonyl (C=O) groups is 3. The highest BCUT2D eigenvalue weighted by atomic mass is 19.1. The van der Waals surface area contributed by atoms with Crippen molar-refractivity contribution in [1.82, 2.24) is 20.0 Å². The summed E-state index contributed by atoms with van der Waals surface area (Å²) < 4.78 is 13.2. The summed E-state index contributed by atoms with van der Waals surface area (Å²) in [5.41, 5.74) is 0.117. The fourth-order valence-corrected chi connectivity index (χ4v) is 3.21. The van der Waals surface area contributed by atoms with E-state index in [0.717, 1.165) is 0 Å². The van der Waals surface area contributed by atoms with Gasteiger partial charge in [0.05, 0.1) is 19.6 Å². The molecular weight excluding hydrogens is 389 g/mol. The van der Waals surface area contributed by atoms with Crippen LogP contribution in [-0.4, -0.2) is 90.8 Å². The van der Waals surface area contributed by atoms with Crippen LogP contribution in [0, 0.1) is 5.82 Å². The molecule has 0 saturated carbocycles. The number of halogens is 1. The van der Waals surface area contributed by atoms with Crippen LogP contribution in [-0.2, 0) is 14.4 Å². The molecule has 1 aromatic rings. The average molecular weight is 422 g/mol. The van der Waals surface area contributed by atoms with E-state index in [1.807, 2.05) is 25.7 Å². The van der Waals surface area contributed by atoms with Crippen LogP contribution in [0.25, 0.3) is 0 Å². The first-order valence-electron chi connectivity index (χ1n) is 10.1. The molecule has 1 aromatic carbocycles. The quantitative estimate of drug-likeness (QED) is 0.679. The van der Waals surface area contributed by atoms with Gasteiger partial charge in [-0.25, -0.2) is 4.39 Å². The molecule has 30 heavy (non-hydrogen) atoms. The lowest BCUT2D eigenvalue weighted by molar-refractivity contribution is -0.134. The van der Waals surface area contributed by atoms with Gasteiger partial charge >= 0.3 is 0 Å². The smallest absolute Gasteiger partial charge is 0.238 e. The third kappa shape index (κ3) is 8.46. The maximum Gasteiger partial charge on any atom is 0.238 e. The number of nitrogens with one attached hydrogen (secondary N) is 2. The van der Waals surface area contributed by atoms with E-state index in [1.165, 1.54) is 12.1 Å². The Kier molecular flexibility index (Phi) is 8.31. The van der Waals surface area contributed by atoms with E-state index >= 15 is 0 Å². The highest BCUT2D eigenvalue weighted by molar-refractivity contribution is 5.92. The average Bonchev–Trinajstić information content (AvgIpc) is 2.60. The van der Waals surface area contributed by atoms with Crippen molar-refractivity contribution in [3.05, 3.63) is 30.1 Å². The summed E-state index contributed by atoms with van der Waals surface area (Å²) in [5.74, 6) is -0.775. The Morgan fingerprint density at radius 3 is 2.33 bits per heavy atom. The molecule has 0 atom stereocenters. The van der Waals surface area contributed by atoms with E-state index in [0.29, 0.717) is 31.9 Å². The van der Waals surface area contributed by atoms with Gasteiger partial charge in [-0.15, -0.1) is 0 Å². The maximum absolute atomic E-state index is 13.2. The first-order chi connectivity index (χ1) is 14.0. The zero-order valence-corrected chi connectivity index (χ0v) is 18.2. The molecule has 0 bridgehead atoms. The molecule has 1 fully saturated rings. The zero-order valence-electron chi connectivity index (χ0n) is 18.2. The minimum atomic E-state index is -0.402. The Labute approximate surface area is 177 Å². The molecule has 1 aliphatic heterocycles. The predicted octanol–water partition coefficient (Wildman–Crippen LogP) is 0.755. The third-order valence-corrected chi connectivity index (χ3v) is 4.53. The van der Waals surface area contributed by atoms with E-state index < -0.39 is 5.82 Å². The normalized spacial score (nSPS) is 15.2. The number of rotatable bonds is 7. The minimum Gasteiger partial charge on any atom is -0.350 e. The molecule has 3 amide bonds. The molecule has 8 nitrogen and oxygen atoms in total. The van der Waals surface area contributed by atoms with Crippen LogP contribution in [0.4, 0.5) is 10.1 Å². The highest BCUT2D eigenvalue weighted by Gasteiger charge is 2.24. The third-order valence-electron chi connectivity index (χ3n) is 4.53. The van der Waals surface area contributed by atoms with Crippen LogP contribution in [0.15, 0.2) is 24.3 Å².